The van der Waals surface area contributed by atoms with Gasteiger partial charge < -0.3 is 10.5 Å². The Morgan fingerprint density at radius 1 is 1.43 bits per heavy atom. The number of primary amides is 1. The zero-order valence-corrected chi connectivity index (χ0v) is 8.86. The number of hydrogen-bond donors (Lipinski definition) is 2. The van der Waals surface area contributed by atoms with Crippen LogP contribution in [0.25, 0.3) is 0 Å². The molecule has 0 fully saturated rings. The Labute approximate surface area is 84.7 Å². The molecule has 0 aliphatic heterocycles. The van der Waals surface area contributed by atoms with Crippen molar-refractivity contribution in [3.8, 4) is 0 Å². The minimum Gasteiger partial charge on any atom is -0.379 e. The molecule has 0 radical (unpaired) electrons. The molecule has 0 aliphatic rings. The average molecular weight is 204 g/mol. The first-order valence-electron chi connectivity index (χ1n) is 4.82. The van der Waals surface area contributed by atoms with Crippen molar-refractivity contribution < 1.29 is 14.4 Å². The number of amides is 1. The highest BCUT2D eigenvalue weighted by Gasteiger charge is 2.19. The third kappa shape index (κ3) is 5.16. The van der Waals surface area contributed by atoms with Gasteiger partial charge in [-0.05, 0) is 19.3 Å². The van der Waals surface area contributed by atoms with E-state index in [1.807, 2.05) is 6.92 Å². The third-order valence-corrected chi connectivity index (χ3v) is 2.21. The van der Waals surface area contributed by atoms with Crippen LogP contribution in [-0.4, -0.2) is 25.2 Å². The predicted octanol–water partition coefficient (Wildman–Crippen LogP) is 0.326. The van der Waals surface area contributed by atoms with Gasteiger partial charge in [0.25, 0.3) is 0 Å². The molecule has 5 nitrogen and oxygen atoms in total. The summed E-state index contributed by atoms with van der Waals surface area (Å²) in [4.78, 5) is 15.3. The topological polar surface area (TPSA) is 87.6 Å². The fraction of sp³-hybridized carbons (Fsp3) is 0.889. The number of rotatable bonds is 8. The van der Waals surface area contributed by atoms with Crippen LogP contribution in [-0.2, 0) is 14.4 Å². The second kappa shape index (κ2) is 7.73. The van der Waals surface area contributed by atoms with Crippen molar-refractivity contribution in [1.82, 2.24) is 0 Å². The highest BCUT2D eigenvalue weighted by molar-refractivity contribution is 5.73. The van der Waals surface area contributed by atoms with E-state index in [9.17, 15) is 4.79 Å². The largest absolute Gasteiger partial charge is 0.379 e. The summed E-state index contributed by atoms with van der Waals surface area (Å²) in [5.41, 5.74) is 5.03. The van der Waals surface area contributed by atoms with Crippen LogP contribution in [0, 0.1) is 0 Å². The van der Waals surface area contributed by atoms with E-state index >= 15 is 0 Å². The van der Waals surface area contributed by atoms with Gasteiger partial charge in [-0.25, -0.2) is 5.90 Å². The number of carbonyl (C=O) groups excluding carboxylic acids is 1. The molecule has 0 aliphatic carbocycles. The molecule has 0 rings (SSSR count). The monoisotopic (exact) mass is 204 g/mol. The summed E-state index contributed by atoms with van der Waals surface area (Å²) in [5.74, 6) is 4.83. The van der Waals surface area contributed by atoms with Crippen LogP contribution in [0.15, 0.2) is 0 Å². The highest BCUT2D eigenvalue weighted by atomic mass is 16.6. The van der Waals surface area contributed by atoms with E-state index in [1.54, 1.807) is 7.11 Å². The Morgan fingerprint density at radius 2 is 2.07 bits per heavy atom. The molecule has 4 N–H and O–H groups in total. The smallest absolute Gasteiger partial charge is 0.217 e. The maximum Gasteiger partial charge on any atom is 0.217 e. The van der Waals surface area contributed by atoms with Gasteiger partial charge in [0.1, 0.15) is 6.10 Å². The number of ether oxygens (including phenoxy) is 1. The lowest BCUT2D eigenvalue weighted by Crippen LogP contribution is -2.32. The van der Waals surface area contributed by atoms with Crippen molar-refractivity contribution >= 4 is 5.91 Å². The summed E-state index contributed by atoms with van der Waals surface area (Å²) in [7, 11) is 1.61. The van der Waals surface area contributed by atoms with Gasteiger partial charge in [0, 0.05) is 13.5 Å². The first kappa shape index (κ1) is 13.4. The van der Waals surface area contributed by atoms with Crippen LogP contribution >= 0.6 is 0 Å². The van der Waals surface area contributed by atoms with Crippen molar-refractivity contribution in [1.29, 1.82) is 0 Å². The van der Waals surface area contributed by atoms with E-state index in [0.29, 0.717) is 12.8 Å². The van der Waals surface area contributed by atoms with Gasteiger partial charge in [-0.2, -0.15) is 0 Å². The van der Waals surface area contributed by atoms with Crippen molar-refractivity contribution in [2.24, 2.45) is 11.6 Å². The number of carbonyl (C=O) groups is 1. The first-order valence-corrected chi connectivity index (χ1v) is 4.82. The molecular formula is C9H20N2O3. The highest BCUT2D eigenvalue weighted by Crippen LogP contribution is 2.12. The fourth-order valence-electron chi connectivity index (χ4n) is 1.38. The zero-order chi connectivity index (χ0) is 11.0. The summed E-state index contributed by atoms with van der Waals surface area (Å²) in [6, 6.07) is 0. The number of nitrogens with two attached hydrogens (primary N) is 2. The molecule has 84 valence electrons. The molecule has 0 saturated heterocycles. The van der Waals surface area contributed by atoms with E-state index in [4.69, 9.17) is 21.2 Å². The number of methoxy groups -OCH3 is 1. The fourth-order valence-corrected chi connectivity index (χ4v) is 1.38. The molecule has 5 heteroatoms. The van der Waals surface area contributed by atoms with Gasteiger partial charge in [-0.3, -0.25) is 9.63 Å². The van der Waals surface area contributed by atoms with Gasteiger partial charge in [-0.1, -0.05) is 6.92 Å². The molecule has 14 heavy (non-hydrogen) atoms. The van der Waals surface area contributed by atoms with E-state index in [2.05, 4.69) is 0 Å². The summed E-state index contributed by atoms with van der Waals surface area (Å²) >= 11 is 0. The third-order valence-electron chi connectivity index (χ3n) is 2.21. The minimum atomic E-state index is -0.290. The molecule has 0 aromatic rings. The minimum absolute atomic E-state index is 0.0654. The van der Waals surface area contributed by atoms with Crippen LogP contribution < -0.4 is 11.6 Å². The van der Waals surface area contributed by atoms with Gasteiger partial charge in [-0.15, -0.1) is 0 Å². The summed E-state index contributed by atoms with van der Waals surface area (Å²) in [6.45, 7) is 1.97. The Kier molecular flexibility index (Phi) is 7.37. The van der Waals surface area contributed by atoms with Crippen LogP contribution in [0.3, 0.4) is 0 Å². The van der Waals surface area contributed by atoms with Gasteiger partial charge >= 0.3 is 0 Å². The van der Waals surface area contributed by atoms with Gasteiger partial charge in [0.2, 0.25) is 5.91 Å². The van der Waals surface area contributed by atoms with Gasteiger partial charge in [0.15, 0.2) is 0 Å². The second-order valence-corrected chi connectivity index (χ2v) is 3.22. The predicted molar refractivity (Wildman–Crippen MR) is 53.2 cm³/mol. The standard InChI is InChI=1S/C9H20N2O3/c1-3-7(14-11)8(13-2)5-4-6-9(10)12/h7-8H,3-6,11H2,1-2H3,(H2,10,12). The van der Waals surface area contributed by atoms with Crippen molar-refractivity contribution in [2.45, 2.75) is 44.8 Å². The van der Waals surface area contributed by atoms with Crippen LogP contribution in [0.2, 0.25) is 0 Å². The molecule has 0 saturated carbocycles. The maximum atomic E-state index is 10.5. The van der Waals surface area contributed by atoms with Crippen LogP contribution in [0.1, 0.15) is 32.6 Å². The lowest BCUT2D eigenvalue weighted by molar-refractivity contribution is -0.118. The van der Waals surface area contributed by atoms with Crippen LogP contribution in [0.5, 0.6) is 0 Å². The van der Waals surface area contributed by atoms with Gasteiger partial charge in [0.05, 0.1) is 6.10 Å². The van der Waals surface area contributed by atoms with E-state index in [1.165, 1.54) is 0 Å². The van der Waals surface area contributed by atoms with Crippen molar-refractivity contribution in [3.63, 3.8) is 0 Å². The molecular weight excluding hydrogens is 184 g/mol. The van der Waals surface area contributed by atoms with Crippen molar-refractivity contribution in [3.05, 3.63) is 0 Å². The summed E-state index contributed by atoms with van der Waals surface area (Å²) in [6.07, 6.45) is 2.41. The Morgan fingerprint density at radius 3 is 2.43 bits per heavy atom. The van der Waals surface area contributed by atoms with E-state index < -0.39 is 0 Å². The zero-order valence-electron chi connectivity index (χ0n) is 8.86. The number of hydrogen-bond acceptors (Lipinski definition) is 4. The Hall–Kier alpha value is -0.650. The maximum absolute atomic E-state index is 10.5. The SMILES string of the molecule is CCC(ON)C(CCCC(N)=O)OC. The van der Waals surface area contributed by atoms with E-state index in [-0.39, 0.29) is 18.1 Å². The Balaban J connectivity index is 3.82. The first-order chi connectivity index (χ1) is 6.65. The summed E-state index contributed by atoms with van der Waals surface area (Å²) < 4.78 is 5.22. The lowest BCUT2D eigenvalue weighted by Gasteiger charge is -2.22. The van der Waals surface area contributed by atoms with Crippen molar-refractivity contribution in [2.75, 3.05) is 7.11 Å². The lowest BCUT2D eigenvalue weighted by atomic mass is 10.0. The quantitative estimate of drug-likeness (QED) is 0.557. The summed E-state index contributed by atoms with van der Waals surface area (Å²) in [5, 5.41) is 0. The molecule has 0 aromatic heterocycles. The Bertz CT molecular complexity index is 160. The average Bonchev–Trinajstić information content (AvgIpc) is 2.16. The molecule has 2 atom stereocenters. The molecule has 0 spiro atoms. The van der Waals surface area contributed by atoms with Crippen LogP contribution in [0.4, 0.5) is 0 Å². The normalized spacial score (nSPS) is 15.1. The second-order valence-electron chi connectivity index (χ2n) is 3.22. The molecule has 0 aromatic carbocycles. The molecule has 1 amide bonds. The van der Waals surface area contributed by atoms with E-state index in [0.717, 1.165) is 12.8 Å². The molecule has 0 heterocycles. The molecule has 0 bridgehead atoms. The molecule has 2 unspecified atom stereocenters.